The molecular weight excluding hydrogens is 214 g/mol. The highest BCUT2D eigenvalue weighted by Gasteiger charge is 2.16. The predicted molar refractivity (Wildman–Crippen MR) is 69.5 cm³/mol. The number of rotatable bonds is 5. The van der Waals surface area contributed by atoms with E-state index in [2.05, 4.69) is 5.32 Å². The van der Waals surface area contributed by atoms with Gasteiger partial charge in [0.1, 0.15) is 6.04 Å². The monoisotopic (exact) mass is 235 g/mol. The first-order valence-corrected chi connectivity index (χ1v) is 5.77. The zero-order chi connectivity index (χ0) is 12.8. The van der Waals surface area contributed by atoms with Gasteiger partial charge in [0.25, 0.3) is 0 Å². The van der Waals surface area contributed by atoms with Gasteiger partial charge < -0.3 is 16.0 Å². The third-order valence-electron chi connectivity index (χ3n) is 2.89. The van der Waals surface area contributed by atoms with E-state index in [1.807, 2.05) is 56.3 Å². The van der Waals surface area contributed by atoms with Crippen molar-refractivity contribution in [2.45, 2.75) is 19.0 Å². The summed E-state index contributed by atoms with van der Waals surface area (Å²) in [6, 6.07) is 9.09. The molecule has 0 aromatic heterocycles. The fourth-order valence-electron chi connectivity index (χ4n) is 1.35. The second-order valence-electron chi connectivity index (χ2n) is 4.45. The molecule has 1 aromatic carbocycles. The minimum absolute atomic E-state index is 0.134. The van der Waals surface area contributed by atoms with Gasteiger partial charge in [-0.3, -0.25) is 4.79 Å². The number of nitrogens with zero attached hydrogens (tertiary/aromatic N) is 1. The van der Waals surface area contributed by atoms with Crippen molar-refractivity contribution in [3.05, 3.63) is 35.9 Å². The Morgan fingerprint density at radius 3 is 2.47 bits per heavy atom. The fraction of sp³-hybridized carbons (Fsp3) is 0.462. The Morgan fingerprint density at radius 1 is 1.35 bits per heavy atom. The molecule has 0 bridgehead atoms. The second kappa shape index (κ2) is 6.37. The number of carbonyl (C=O) groups excluding carboxylic acids is 1. The molecule has 1 unspecified atom stereocenters. The van der Waals surface area contributed by atoms with Gasteiger partial charge in [-0.2, -0.15) is 0 Å². The van der Waals surface area contributed by atoms with Crippen LogP contribution in [0.3, 0.4) is 0 Å². The molecule has 0 aliphatic heterocycles. The molecule has 0 aliphatic rings. The summed E-state index contributed by atoms with van der Waals surface area (Å²) in [5.41, 5.74) is 6.71. The Balaban J connectivity index is 2.48. The van der Waals surface area contributed by atoms with E-state index in [0.717, 1.165) is 5.56 Å². The maximum absolute atomic E-state index is 11.8. The van der Waals surface area contributed by atoms with E-state index >= 15 is 0 Å². The number of likely N-dealkylation sites (N-methyl/N-ethyl adjacent to an activating group) is 1. The smallest absolute Gasteiger partial charge is 0.241 e. The summed E-state index contributed by atoms with van der Waals surface area (Å²) < 4.78 is 0. The summed E-state index contributed by atoms with van der Waals surface area (Å²) in [6.45, 7) is 2.65. The van der Waals surface area contributed by atoms with Gasteiger partial charge in [-0.05, 0) is 26.6 Å². The van der Waals surface area contributed by atoms with E-state index in [-0.39, 0.29) is 5.91 Å². The number of nitrogens with two attached hydrogens (primary N) is 1. The molecule has 0 aliphatic carbocycles. The summed E-state index contributed by atoms with van der Waals surface area (Å²) in [5.74, 6) is -0.134. The first-order valence-electron chi connectivity index (χ1n) is 5.77. The number of hydrogen-bond acceptors (Lipinski definition) is 3. The second-order valence-corrected chi connectivity index (χ2v) is 4.45. The molecule has 4 nitrogen and oxygen atoms in total. The standard InChI is InChI=1S/C13H21N3O/c1-10(16(2)3)9-15-13(17)12(14)11-7-5-4-6-8-11/h4-8,10,12H,9,14H2,1-3H3,(H,15,17)/t10?,12-/m1/s1. The highest BCUT2D eigenvalue weighted by molar-refractivity contribution is 5.82. The lowest BCUT2D eigenvalue weighted by Crippen LogP contribution is -2.41. The van der Waals surface area contributed by atoms with Crippen LogP contribution in [-0.2, 0) is 4.79 Å². The quantitative estimate of drug-likeness (QED) is 0.792. The fourth-order valence-corrected chi connectivity index (χ4v) is 1.35. The molecule has 0 heterocycles. The average Bonchev–Trinajstić information content (AvgIpc) is 2.35. The van der Waals surface area contributed by atoms with Gasteiger partial charge in [-0.15, -0.1) is 0 Å². The molecule has 1 rings (SSSR count). The lowest BCUT2D eigenvalue weighted by molar-refractivity contribution is -0.122. The van der Waals surface area contributed by atoms with Crippen LogP contribution < -0.4 is 11.1 Å². The normalized spacial score (nSPS) is 14.4. The van der Waals surface area contributed by atoms with Crippen LogP contribution in [0.5, 0.6) is 0 Å². The molecule has 1 aromatic rings. The van der Waals surface area contributed by atoms with Crippen LogP contribution in [0.15, 0.2) is 30.3 Å². The lowest BCUT2D eigenvalue weighted by Gasteiger charge is -2.21. The summed E-state index contributed by atoms with van der Waals surface area (Å²) in [5, 5.41) is 2.86. The molecule has 0 spiro atoms. The van der Waals surface area contributed by atoms with Crippen molar-refractivity contribution >= 4 is 5.91 Å². The Bertz CT molecular complexity index is 351. The maximum Gasteiger partial charge on any atom is 0.241 e. The summed E-state index contributed by atoms with van der Waals surface area (Å²) in [6.07, 6.45) is 0. The predicted octanol–water partition coefficient (Wildman–Crippen LogP) is 0.753. The van der Waals surface area contributed by atoms with Gasteiger partial charge in [0.05, 0.1) is 0 Å². The molecule has 2 atom stereocenters. The largest absolute Gasteiger partial charge is 0.353 e. The molecule has 3 N–H and O–H groups in total. The molecule has 1 amide bonds. The minimum Gasteiger partial charge on any atom is -0.353 e. The van der Waals surface area contributed by atoms with E-state index in [9.17, 15) is 4.79 Å². The number of amides is 1. The molecule has 17 heavy (non-hydrogen) atoms. The van der Waals surface area contributed by atoms with Crippen molar-refractivity contribution in [2.75, 3.05) is 20.6 Å². The van der Waals surface area contributed by atoms with Gasteiger partial charge >= 0.3 is 0 Å². The van der Waals surface area contributed by atoms with E-state index in [0.29, 0.717) is 12.6 Å². The number of carbonyl (C=O) groups is 1. The SMILES string of the molecule is CC(CNC(=O)[C@H](N)c1ccccc1)N(C)C. The van der Waals surface area contributed by atoms with Crippen LogP contribution in [0.4, 0.5) is 0 Å². The van der Waals surface area contributed by atoms with Crippen LogP contribution in [0.2, 0.25) is 0 Å². The molecular formula is C13H21N3O. The molecule has 0 saturated carbocycles. The number of hydrogen-bond donors (Lipinski definition) is 2. The molecule has 0 fully saturated rings. The Labute approximate surface area is 103 Å². The summed E-state index contributed by atoms with van der Waals surface area (Å²) in [4.78, 5) is 13.9. The van der Waals surface area contributed by atoms with Crippen molar-refractivity contribution in [1.82, 2.24) is 10.2 Å². The van der Waals surface area contributed by atoms with Crippen molar-refractivity contribution in [1.29, 1.82) is 0 Å². The zero-order valence-electron chi connectivity index (χ0n) is 10.7. The van der Waals surface area contributed by atoms with Crippen molar-refractivity contribution < 1.29 is 4.79 Å². The maximum atomic E-state index is 11.8. The first-order chi connectivity index (χ1) is 8.02. The molecule has 0 radical (unpaired) electrons. The van der Waals surface area contributed by atoms with E-state index in [4.69, 9.17) is 5.73 Å². The molecule has 4 heteroatoms. The van der Waals surface area contributed by atoms with E-state index in [1.54, 1.807) is 0 Å². The van der Waals surface area contributed by atoms with Crippen LogP contribution in [0, 0.1) is 0 Å². The minimum atomic E-state index is -0.592. The molecule has 0 saturated heterocycles. The Morgan fingerprint density at radius 2 is 1.94 bits per heavy atom. The number of nitrogens with one attached hydrogen (secondary N) is 1. The Kier molecular flexibility index (Phi) is 5.12. The van der Waals surface area contributed by atoms with Gasteiger partial charge in [-0.1, -0.05) is 30.3 Å². The van der Waals surface area contributed by atoms with Crippen molar-refractivity contribution in [3.8, 4) is 0 Å². The highest BCUT2D eigenvalue weighted by Crippen LogP contribution is 2.09. The number of benzene rings is 1. The van der Waals surface area contributed by atoms with Crippen LogP contribution in [0.25, 0.3) is 0 Å². The Hall–Kier alpha value is -1.39. The molecule has 94 valence electrons. The van der Waals surface area contributed by atoms with Crippen molar-refractivity contribution in [3.63, 3.8) is 0 Å². The topological polar surface area (TPSA) is 58.4 Å². The van der Waals surface area contributed by atoms with Crippen LogP contribution in [-0.4, -0.2) is 37.5 Å². The van der Waals surface area contributed by atoms with Crippen molar-refractivity contribution in [2.24, 2.45) is 5.73 Å². The highest BCUT2D eigenvalue weighted by atomic mass is 16.2. The summed E-state index contributed by atoms with van der Waals surface area (Å²) >= 11 is 0. The average molecular weight is 235 g/mol. The van der Waals surface area contributed by atoms with E-state index in [1.165, 1.54) is 0 Å². The van der Waals surface area contributed by atoms with Crippen LogP contribution >= 0.6 is 0 Å². The van der Waals surface area contributed by atoms with Gasteiger partial charge in [0.15, 0.2) is 0 Å². The summed E-state index contributed by atoms with van der Waals surface area (Å²) in [7, 11) is 3.96. The van der Waals surface area contributed by atoms with Crippen LogP contribution in [0.1, 0.15) is 18.5 Å². The van der Waals surface area contributed by atoms with Gasteiger partial charge in [0, 0.05) is 12.6 Å². The van der Waals surface area contributed by atoms with E-state index < -0.39 is 6.04 Å². The third-order valence-corrected chi connectivity index (χ3v) is 2.89. The van der Waals surface area contributed by atoms with Gasteiger partial charge in [-0.25, -0.2) is 0 Å². The van der Waals surface area contributed by atoms with Gasteiger partial charge in [0.2, 0.25) is 5.91 Å². The lowest BCUT2D eigenvalue weighted by atomic mass is 10.1. The first kappa shape index (κ1) is 13.7. The third kappa shape index (κ3) is 4.17. The zero-order valence-corrected chi connectivity index (χ0v) is 10.7.